The normalized spacial score (nSPS) is 16.6. The van der Waals surface area contributed by atoms with Gasteiger partial charge in [0.05, 0.1) is 12.2 Å². The molecule has 0 N–H and O–H groups in total. The monoisotopic (exact) mass is 358 g/mol. The molecular weight excluding hydrogens is 336 g/mol. The lowest BCUT2D eigenvalue weighted by atomic mass is 9.96. The van der Waals surface area contributed by atoms with Crippen molar-refractivity contribution in [1.82, 2.24) is 34.1 Å². The van der Waals surface area contributed by atoms with E-state index in [1.165, 1.54) is 11.5 Å². The average molecular weight is 358 g/mol. The molecule has 3 aromatic rings. The molecule has 25 heavy (non-hydrogen) atoms. The number of fused-ring (bicyclic) bond motifs is 1. The highest BCUT2D eigenvalue weighted by Gasteiger charge is 2.25. The Morgan fingerprint density at radius 3 is 2.72 bits per heavy atom. The summed E-state index contributed by atoms with van der Waals surface area (Å²) in [6, 6.07) is 3.95. The smallest absolute Gasteiger partial charge is 0.204 e. The standard InChI is InChI=1S/C16H22N8S/c1-11-4-5-14-18-19-15(24(14)20-11)12-6-8-23(9-7-12)10-13-17-16(22(2)3)25-21-13/h4-5,12H,6-10H2,1-3H3. The fraction of sp³-hybridized carbons (Fsp3) is 0.562. The van der Waals surface area contributed by atoms with Crippen LogP contribution in [0.2, 0.25) is 0 Å². The molecule has 4 rings (SSSR count). The first-order valence-corrected chi connectivity index (χ1v) is 9.29. The van der Waals surface area contributed by atoms with Crippen molar-refractivity contribution in [2.24, 2.45) is 0 Å². The summed E-state index contributed by atoms with van der Waals surface area (Å²) in [5.41, 5.74) is 1.81. The molecule has 0 aliphatic carbocycles. The highest BCUT2D eigenvalue weighted by molar-refractivity contribution is 7.09. The predicted molar refractivity (Wildman–Crippen MR) is 97.0 cm³/mol. The largest absolute Gasteiger partial charge is 0.353 e. The molecule has 1 fully saturated rings. The quantitative estimate of drug-likeness (QED) is 0.703. The van der Waals surface area contributed by atoms with Crippen LogP contribution in [-0.2, 0) is 6.54 Å². The second-order valence-electron chi connectivity index (χ2n) is 6.74. The van der Waals surface area contributed by atoms with Gasteiger partial charge in [0.15, 0.2) is 17.3 Å². The van der Waals surface area contributed by atoms with E-state index in [4.69, 9.17) is 0 Å². The van der Waals surface area contributed by atoms with Gasteiger partial charge in [0.25, 0.3) is 0 Å². The Hall–Kier alpha value is -2.13. The second kappa shape index (κ2) is 6.64. The molecule has 1 saturated heterocycles. The van der Waals surface area contributed by atoms with Gasteiger partial charge >= 0.3 is 0 Å². The van der Waals surface area contributed by atoms with Crippen LogP contribution in [0.1, 0.15) is 36.1 Å². The molecule has 132 valence electrons. The van der Waals surface area contributed by atoms with Crippen molar-refractivity contribution in [3.05, 3.63) is 29.5 Å². The van der Waals surface area contributed by atoms with Crippen molar-refractivity contribution in [2.45, 2.75) is 32.2 Å². The number of aryl methyl sites for hydroxylation is 1. The highest BCUT2D eigenvalue weighted by atomic mass is 32.1. The molecule has 1 aliphatic rings. The van der Waals surface area contributed by atoms with Crippen LogP contribution in [0, 0.1) is 6.92 Å². The molecule has 3 aromatic heterocycles. The number of anilines is 1. The van der Waals surface area contributed by atoms with Gasteiger partial charge in [-0.3, -0.25) is 4.90 Å². The van der Waals surface area contributed by atoms with Crippen LogP contribution in [0.15, 0.2) is 12.1 Å². The molecule has 0 spiro atoms. The molecular formula is C16H22N8S. The first-order chi connectivity index (χ1) is 12.1. The number of rotatable bonds is 4. The van der Waals surface area contributed by atoms with Gasteiger partial charge in [-0.2, -0.15) is 14.0 Å². The van der Waals surface area contributed by atoms with Crippen molar-refractivity contribution in [2.75, 3.05) is 32.1 Å². The third kappa shape index (κ3) is 3.34. The van der Waals surface area contributed by atoms with Gasteiger partial charge in [-0.15, -0.1) is 10.2 Å². The number of hydrogen-bond donors (Lipinski definition) is 0. The zero-order valence-corrected chi connectivity index (χ0v) is 15.6. The number of nitrogens with zero attached hydrogens (tertiary/aromatic N) is 8. The van der Waals surface area contributed by atoms with Crippen molar-refractivity contribution in [3.8, 4) is 0 Å². The second-order valence-corrected chi connectivity index (χ2v) is 7.47. The first-order valence-electron chi connectivity index (χ1n) is 8.51. The van der Waals surface area contributed by atoms with Crippen molar-refractivity contribution in [3.63, 3.8) is 0 Å². The SMILES string of the molecule is Cc1ccc2nnc(C3CCN(Cc4nsc(N(C)C)n4)CC3)n2n1. The first kappa shape index (κ1) is 16.3. The van der Waals surface area contributed by atoms with Crippen LogP contribution < -0.4 is 4.90 Å². The van der Waals surface area contributed by atoms with Gasteiger partial charge in [-0.1, -0.05) is 0 Å². The van der Waals surface area contributed by atoms with Gasteiger partial charge in [0.1, 0.15) is 0 Å². The maximum absolute atomic E-state index is 4.58. The Labute approximate surface area is 150 Å². The Balaban J connectivity index is 1.41. The van der Waals surface area contributed by atoms with Crippen LogP contribution in [0.3, 0.4) is 0 Å². The van der Waals surface area contributed by atoms with E-state index in [0.717, 1.165) is 60.6 Å². The van der Waals surface area contributed by atoms with Gasteiger partial charge < -0.3 is 4.90 Å². The van der Waals surface area contributed by atoms with Crippen LogP contribution >= 0.6 is 11.5 Å². The van der Waals surface area contributed by atoms with Crippen LogP contribution in [0.5, 0.6) is 0 Å². The Bertz CT molecular complexity index is 862. The van der Waals surface area contributed by atoms with E-state index in [2.05, 4.69) is 29.6 Å². The summed E-state index contributed by atoms with van der Waals surface area (Å²) < 4.78 is 6.37. The summed E-state index contributed by atoms with van der Waals surface area (Å²) >= 11 is 1.46. The van der Waals surface area contributed by atoms with E-state index in [1.807, 2.05) is 42.6 Å². The highest BCUT2D eigenvalue weighted by Crippen LogP contribution is 2.27. The summed E-state index contributed by atoms with van der Waals surface area (Å²) in [4.78, 5) is 8.99. The molecule has 0 bridgehead atoms. The fourth-order valence-electron chi connectivity index (χ4n) is 3.19. The maximum Gasteiger partial charge on any atom is 0.204 e. The number of aromatic nitrogens is 6. The predicted octanol–water partition coefficient (Wildman–Crippen LogP) is 1.73. The minimum absolute atomic E-state index is 0.404. The van der Waals surface area contributed by atoms with E-state index in [1.54, 1.807) is 0 Å². The molecule has 0 amide bonds. The summed E-state index contributed by atoms with van der Waals surface area (Å²) in [5, 5.41) is 14.2. The average Bonchev–Trinajstić information content (AvgIpc) is 3.22. The lowest BCUT2D eigenvalue weighted by Gasteiger charge is -2.30. The zero-order chi connectivity index (χ0) is 17.4. The number of piperidine rings is 1. The van der Waals surface area contributed by atoms with Crippen LogP contribution in [0.25, 0.3) is 5.65 Å². The van der Waals surface area contributed by atoms with Gasteiger partial charge in [-0.05, 0) is 45.0 Å². The van der Waals surface area contributed by atoms with Gasteiger partial charge in [0.2, 0.25) is 5.13 Å². The number of likely N-dealkylation sites (tertiary alicyclic amines) is 1. The molecule has 1 aliphatic heterocycles. The summed E-state index contributed by atoms with van der Waals surface area (Å²) in [7, 11) is 3.99. The van der Waals surface area contributed by atoms with Crippen molar-refractivity contribution in [1.29, 1.82) is 0 Å². The van der Waals surface area contributed by atoms with Gasteiger partial charge in [-0.25, -0.2) is 4.98 Å². The van der Waals surface area contributed by atoms with E-state index >= 15 is 0 Å². The zero-order valence-electron chi connectivity index (χ0n) is 14.8. The van der Waals surface area contributed by atoms with E-state index in [-0.39, 0.29) is 0 Å². The van der Waals surface area contributed by atoms with Crippen molar-refractivity contribution >= 4 is 22.3 Å². The van der Waals surface area contributed by atoms with Crippen LogP contribution in [0.4, 0.5) is 5.13 Å². The minimum atomic E-state index is 0.404. The number of hydrogen-bond acceptors (Lipinski definition) is 8. The van der Waals surface area contributed by atoms with Crippen LogP contribution in [-0.4, -0.2) is 61.3 Å². The van der Waals surface area contributed by atoms with Gasteiger partial charge in [0, 0.05) is 31.5 Å². The third-order valence-electron chi connectivity index (χ3n) is 4.58. The molecule has 0 saturated carbocycles. The van der Waals surface area contributed by atoms with E-state index in [0.29, 0.717) is 5.92 Å². The molecule has 0 aromatic carbocycles. The Kier molecular flexibility index (Phi) is 4.34. The summed E-state index contributed by atoms with van der Waals surface area (Å²) in [6.45, 7) is 4.84. The lowest BCUT2D eigenvalue weighted by Crippen LogP contribution is -2.33. The molecule has 0 radical (unpaired) electrons. The molecule has 9 heteroatoms. The lowest BCUT2D eigenvalue weighted by molar-refractivity contribution is 0.197. The summed E-state index contributed by atoms with van der Waals surface area (Å²) in [6.07, 6.45) is 2.11. The Morgan fingerprint density at radius 1 is 1.20 bits per heavy atom. The molecule has 8 nitrogen and oxygen atoms in total. The fourth-order valence-corrected chi connectivity index (χ4v) is 3.79. The minimum Gasteiger partial charge on any atom is -0.353 e. The third-order valence-corrected chi connectivity index (χ3v) is 5.50. The maximum atomic E-state index is 4.58. The molecule has 0 atom stereocenters. The van der Waals surface area contributed by atoms with E-state index in [9.17, 15) is 0 Å². The van der Waals surface area contributed by atoms with E-state index < -0.39 is 0 Å². The Morgan fingerprint density at radius 2 is 2.00 bits per heavy atom. The topological polar surface area (TPSA) is 75.3 Å². The van der Waals surface area contributed by atoms with Crippen molar-refractivity contribution < 1.29 is 0 Å². The molecule has 0 unspecified atom stereocenters. The summed E-state index contributed by atoms with van der Waals surface area (Å²) in [5.74, 6) is 2.30. The molecule has 4 heterocycles.